The first kappa shape index (κ1) is 20.1. The van der Waals surface area contributed by atoms with E-state index in [0.29, 0.717) is 51.3 Å². The molecule has 4 amide bonds. The second-order valence-corrected chi connectivity index (χ2v) is 7.76. The number of aromatic nitrogens is 2. The molecule has 2 aliphatic heterocycles. The Morgan fingerprint density at radius 1 is 1.03 bits per heavy atom. The number of hydrogen-bond donors (Lipinski definition) is 0. The fraction of sp³-hybridized carbons (Fsp3) is 0.455. The maximum Gasteiger partial charge on any atom is 0.327 e. The lowest BCUT2D eigenvalue weighted by atomic mass is 9.85. The molecule has 1 aromatic carbocycles. The molecule has 4 rings (SSSR count). The molecule has 1 aromatic heterocycles. The highest BCUT2D eigenvalue weighted by Gasteiger charge is 2.57. The summed E-state index contributed by atoms with van der Waals surface area (Å²) in [5.41, 5.74) is 0.657. The minimum Gasteiger partial charge on any atom is -0.337 e. The van der Waals surface area contributed by atoms with Crippen molar-refractivity contribution in [1.29, 1.82) is 0 Å². The van der Waals surface area contributed by atoms with Gasteiger partial charge in [-0.25, -0.2) is 4.79 Å². The molecule has 2 aliphatic rings. The molecule has 0 saturated carbocycles. The van der Waals surface area contributed by atoms with E-state index < -0.39 is 5.54 Å². The molecule has 0 aliphatic carbocycles. The van der Waals surface area contributed by atoms with Crippen molar-refractivity contribution >= 4 is 17.8 Å². The van der Waals surface area contributed by atoms with E-state index in [1.165, 1.54) is 4.90 Å². The molecule has 0 unspecified atom stereocenters. The van der Waals surface area contributed by atoms with E-state index in [9.17, 15) is 14.4 Å². The van der Waals surface area contributed by atoms with Crippen molar-refractivity contribution in [1.82, 2.24) is 24.5 Å². The Morgan fingerprint density at radius 2 is 1.73 bits per heavy atom. The molecule has 30 heavy (non-hydrogen) atoms. The van der Waals surface area contributed by atoms with Gasteiger partial charge in [-0.15, -0.1) is 0 Å². The van der Waals surface area contributed by atoms with Gasteiger partial charge in [0.25, 0.3) is 11.8 Å². The van der Waals surface area contributed by atoms with Crippen LogP contribution in [0.1, 0.15) is 42.7 Å². The van der Waals surface area contributed by atoms with Crippen molar-refractivity contribution in [2.75, 3.05) is 19.6 Å². The van der Waals surface area contributed by atoms with Crippen molar-refractivity contribution < 1.29 is 14.4 Å². The summed E-state index contributed by atoms with van der Waals surface area (Å²) in [5.74, 6) is -0.223. The Bertz CT molecular complexity index is 947. The summed E-state index contributed by atoms with van der Waals surface area (Å²) in [6, 6.07) is 11.2. The molecule has 0 radical (unpaired) electrons. The maximum absolute atomic E-state index is 13.3. The average Bonchev–Trinajstić information content (AvgIpc) is 3.33. The Morgan fingerprint density at radius 3 is 2.37 bits per heavy atom. The lowest BCUT2D eigenvalue weighted by Crippen LogP contribution is -2.57. The van der Waals surface area contributed by atoms with E-state index in [4.69, 9.17) is 0 Å². The number of likely N-dealkylation sites (N-methyl/N-ethyl adjacent to an activating group) is 1. The maximum atomic E-state index is 13.3. The number of amides is 4. The largest absolute Gasteiger partial charge is 0.337 e. The quantitative estimate of drug-likeness (QED) is 0.710. The number of hydrogen-bond acceptors (Lipinski definition) is 4. The van der Waals surface area contributed by atoms with Crippen LogP contribution in [0.25, 0.3) is 0 Å². The van der Waals surface area contributed by atoms with Crippen molar-refractivity contribution in [3.63, 3.8) is 0 Å². The molecule has 2 aromatic rings. The zero-order chi connectivity index (χ0) is 21.3. The molecular weight excluding hydrogens is 382 g/mol. The SMILES string of the molecule is CCN1C(=O)N(Cc2ccccc2)C2(CCN(C(=O)c3ccnn3CC)CC2)C1=O. The molecule has 1 spiro atoms. The van der Waals surface area contributed by atoms with Gasteiger partial charge in [0.1, 0.15) is 11.2 Å². The summed E-state index contributed by atoms with van der Waals surface area (Å²) in [4.78, 5) is 44.1. The van der Waals surface area contributed by atoms with Gasteiger partial charge in [-0.05, 0) is 38.3 Å². The van der Waals surface area contributed by atoms with Crippen LogP contribution in [0.5, 0.6) is 0 Å². The lowest BCUT2D eigenvalue weighted by molar-refractivity contribution is -0.135. The van der Waals surface area contributed by atoms with Crippen LogP contribution >= 0.6 is 0 Å². The average molecular weight is 409 g/mol. The van der Waals surface area contributed by atoms with E-state index in [1.54, 1.807) is 26.7 Å². The summed E-state index contributed by atoms with van der Waals surface area (Å²) in [6.07, 6.45) is 2.50. The number of rotatable bonds is 5. The van der Waals surface area contributed by atoms with Gasteiger partial charge in [0.15, 0.2) is 0 Å². The minimum absolute atomic E-state index is 0.0806. The number of urea groups is 1. The second-order valence-electron chi connectivity index (χ2n) is 7.76. The van der Waals surface area contributed by atoms with Gasteiger partial charge in [-0.3, -0.25) is 19.2 Å². The van der Waals surface area contributed by atoms with Gasteiger partial charge >= 0.3 is 6.03 Å². The summed E-state index contributed by atoms with van der Waals surface area (Å²) < 4.78 is 1.68. The number of benzene rings is 1. The molecule has 0 atom stereocenters. The fourth-order valence-corrected chi connectivity index (χ4v) is 4.54. The highest BCUT2D eigenvalue weighted by atomic mass is 16.2. The highest BCUT2D eigenvalue weighted by Crippen LogP contribution is 2.38. The Labute approximate surface area is 176 Å². The van der Waals surface area contributed by atoms with Crippen molar-refractivity contribution in [2.45, 2.75) is 45.3 Å². The van der Waals surface area contributed by atoms with Crippen LogP contribution in [0.3, 0.4) is 0 Å². The topological polar surface area (TPSA) is 78.8 Å². The van der Waals surface area contributed by atoms with E-state index in [2.05, 4.69) is 5.10 Å². The zero-order valence-electron chi connectivity index (χ0n) is 17.5. The monoisotopic (exact) mass is 409 g/mol. The van der Waals surface area contributed by atoms with Crippen LogP contribution in [-0.4, -0.2) is 67.5 Å². The normalized spacial score (nSPS) is 18.5. The first-order valence-electron chi connectivity index (χ1n) is 10.5. The fourth-order valence-electron chi connectivity index (χ4n) is 4.54. The third-order valence-electron chi connectivity index (χ3n) is 6.23. The minimum atomic E-state index is -0.884. The lowest BCUT2D eigenvalue weighted by Gasteiger charge is -2.42. The van der Waals surface area contributed by atoms with Gasteiger partial charge in [0, 0.05) is 38.9 Å². The first-order chi connectivity index (χ1) is 14.5. The van der Waals surface area contributed by atoms with Gasteiger partial charge in [0.2, 0.25) is 0 Å². The number of carbonyl (C=O) groups excluding carboxylic acids is 3. The Hall–Kier alpha value is -3.16. The molecule has 158 valence electrons. The zero-order valence-corrected chi connectivity index (χ0v) is 17.5. The predicted molar refractivity (Wildman–Crippen MR) is 111 cm³/mol. The molecule has 2 saturated heterocycles. The van der Waals surface area contributed by atoms with Crippen LogP contribution in [0.4, 0.5) is 4.79 Å². The summed E-state index contributed by atoms with van der Waals surface area (Å²) in [7, 11) is 0. The molecule has 8 heteroatoms. The van der Waals surface area contributed by atoms with Crippen molar-refractivity contribution in [3.05, 3.63) is 53.9 Å². The summed E-state index contributed by atoms with van der Waals surface area (Å²) in [6.45, 7) is 5.97. The molecule has 3 heterocycles. The van der Waals surface area contributed by atoms with E-state index in [-0.39, 0.29) is 17.8 Å². The number of aryl methyl sites for hydroxylation is 1. The Balaban J connectivity index is 1.56. The number of nitrogens with zero attached hydrogens (tertiary/aromatic N) is 5. The summed E-state index contributed by atoms with van der Waals surface area (Å²) in [5, 5.41) is 4.18. The third-order valence-corrected chi connectivity index (χ3v) is 6.23. The standard InChI is InChI=1S/C22H27N5O3/c1-3-25-20(29)22(26(21(25)30)16-17-8-6-5-7-9-17)11-14-24(15-12-22)19(28)18-10-13-23-27(18)4-2/h5-10,13H,3-4,11-12,14-16H2,1-2H3. The number of piperidine rings is 1. The van der Waals surface area contributed by atoms with Gasteiger partial charge in [-0.1, -0.05) is 30.3 Å². The van der Waals surface area contributed by atoms with Crippen LogP contribution in [0, 0.1) is 0 Å². The third kappa shape index (κ3) is 3.16. The number of imide groups is 1. The number of likely N-dealkylation sites (tertiary alicyclic amines) is 1. The van der Waals surface area contributed by atoms with Crippen LogP contribution in [-0.2, 0) is 17.9 Å². The molecule has 0 N–H and O–H groups in total. The van der Waals surface area contributed by atoms with E-state index in [1.807, 2.05) is 44.2 Å². The van der Waals surface area contributed by atoms with Gasteiger partial charge in [-0.2, -0.15) is 5.10 Å². The van der Waals surface area contributed by atoms with Crippen LogP contribution < -0.4 is 0 Å². The molecule has 0 bridgehead atoms. The molecular formula is C22H27N5O3. The van der Waals surface area contributed by atoms with Crippen LogP contribution in [0.2, 0.25) is 0 Å². The van der Waals surface area contributed by atoms with E-state index in [0.717, 1.165) is 5.56 Å². The van der Waals surface area contributed by atoms with Gasteiger partial charge in [0.05, 0.1) is 0 Å². The van der Waals surface area contributed by atoms with Crippen molar-refractivity contribution in [3.8, 4) is 0 Å². The smallest absolute Gasteiger partial charge is 0.327 e. The summed E-state index contributed by atoms with van der Waals surface area (Å²) >= 11 is 0. The van der Waals surface area contributed by atoms with E-state index >= 15 is 0 Å². The second kappa shape index (κ2) is 7.93. The molecule has 8 nitrogen and oxygen atoms in total. The highest BCUT2D eigenvalue weighted by molar-refractivity contribution is 6.07. The van der Waals surface area contributed by atoms with Crippen molar-refractivity contribution in [2.24, 2.45) is 0 Å². The Kier molecular flexibility index (Phi) is 5.32. The first-order valence-corrected chi connectivity index (χ1v) is 10.5. The molecule has 2 fully saturated rings. The van der Waals surface area contributed by atoms with Gasteiger partial charge < -0.3 is 9.80 Å². The number of carbonyl (C=O) groups is 3. The predicted octanol–water partition coefficient (Wildman–Crippen LogP) is 2.36. The van der Waals surface area contributed by atoms with Crippen LogP contribution in [0.15, 0.2) is 42.6 Å².